The standard InChI is InChI=1S/C17H17BrFN/c18-17-15(6-3-7-16(17)19)12-20-10-8-13-4-1-2-5-14(13)9-11-20/h1-7H,8-12H2. The zero-order chi connectivity index (χ0) is 13.9. The molecule has 0 unspecified atom stereocenters. The minimum Gasteiger partial charge on any atom is -0.298 e. The van der Waals surface area contributed by atoms with E-state index in [0.29, 0.717) is 4.47 Å². The lowest BCUT2D eigenvalue weighted by atomic mass is 10.0. The molecule has 3 rings (SSSR count). The number of halogens is 2. The van der Waals surface area contributed by atoms with Crippen molar-refractivity contribution in [1.29, 1.82) is 0 Å². The average Bonchev–Trinajstić information content (AvgIpc) is 2.67. The second-order valence-corrected chi connectivity index (χ2v) is 6.05. The SMILES string of the molecule is Fc1cccc(CN2CCc3ccccc3CC2)c1Br. The van der Waals surface area contributed by atoms with E-state index < -0.39 is 0 Å². The zero-order valence-electron chi connectivity index (χ0n) is 11.3. The van der Waals surface area contributed by atoms with Gasteiger partial charge in [-0.05, 0) is 51.5 Å². The maximum atomic E-state index is 13.6. The van der Waals surface area contributed by atoms with Crippen LogP contribution in [0.25, 0.3) is 0 Å². The summed E-state index contributed by atoms with van der Waals surface area (Å²) in [6.45, 7) is 2.85. The Labute approximate surface area is 127 Å². The molecule has 0 saturated heterocycles. The van der Waals surface area contributed by atoms with Gasteiger partial charge in [0.05, 0.1) is 4.47 Å². The molecule has 0 fully saturated rings. The van der Waals surface area contributed by atoms with E-state index in [1.165, 1.54) is 17.2 Å². The van der Waals surface area contributed by atoms with Gasteiger partial charge in [-0.25, -0.2) is 4.39 Å². The van der Waals surface area contributed by atoms with Crippen molar-refractivity contribution in [3.8, 4) is 0 Å². The van der Waals surface area contributed by atoms with Gasteiger partial charge in [0.25, 0.3) is 0 Å². The maximum Gasteiger partial charge on any atom is 0.137 e. The lowest BCUT2D eigenvalue weighted by molar-refractivity contribution is 0.278. The van der Waals surface area contributed by atoms with E-state index in [4.69, 9.17) is 0 Å². The molecule has 1 heterocycles. The molecule has 3 heteroatoms. The molecule has 104 valence electrons. The largest absolute Gasteiger partial charge is 0.298 e. The summed E-state index contributed by atoms with van der Waals surface area (Å²) in [6.07, 6.45) is 2.15. The minimum absolute atomic E-state index is 0.180. The van der Waals surface area contributed by atoms with Crippen LogP contribution >= 0.6 is 15.9 Å². The molecule has 1 aliphatic rings. The highest BCUT2D eigenvalue weighted by atomic mass is 79.9. The topological polar surface area (TPSA) is 3.24 Å². The van der Waals surface area contributed by atoms with Crippen LogP contribution in [0.2, 0.25) is 0 Å². The molecule has 0 aromatic heterocycles. The summed E-state index contributed by atoms with van der Waals surface area (Å²) in [6, 6.07) is 13.9. The molecule has 0 bridgehead atoms. The Kier molecular flexibility index (Phi) is 4.18. The highest BCUT2D eigenvalue weighted by Gasteiger charge is 2.15. The Bertz CT molecular complexity index is 585. The van der Waals surface area contributed by atoms with E-state index in [0.717, 1.165) is 38.0 Å². The second kappa shape index (κ2) is 6.06. The summed E-state index contributed by atoms with van der Waals surface area (Å²) in [7, 11) is 0. The predicted octanol–water partition coefficient (Wildman–Crippen LogP) is 4.19. The Morgan fingerprint density at radius 2 is 1.60 bits per heavy atom. The van der Waals surface area contributed by atoms with Crippen molar-refractivity contribution in [2.75, 3.05) is 13.1 Å². The summed E-state index contributed by atoms with van der Waals surface area (Å²) in [5.41, 5.74) is 3.93. The maximum absolute atomic E-state index is 13.6. The summed E-state index contributed by atoms with van der Waals surface area (Å²) in [4.78, 5) is 2.40. The molecule has 0 saturated carbocycles. The first kappa shape index (κ1) is 13.8. The molecule has 0 radical (unpaired) electrons. The fourth-order valence-electron chi connectivity index (χ4n) is 2.78. The lowest BCUT2D eigenvalue weighted by Gasteiger charge is -2.20. The predicted molar refractivity (Wildman–Crippen MR) is 83.2 cm³/mol. The van der Waals surface area contributed by atoms with Gasteiger partial charge in [0, 0.05) is 19.6 Å². The summed E-state index contributed by atoms with van der Waals surface area (Å²) < 4.78 is 14.2. The van der Waals surface area contributed by atoms with Gasteiger partial charge in [0.2, 0.25) is 0 Å². The van der Waals surface area contributed by atoms with Crippen molar-refractivity contribution in [2.24, 2.45) is 0 Å². The Morgan fingerprint density at radius 1 is 0.950 bits per heavy atom. The van der Waals surface area contributed by atoms with Gasteiger partial charge in [-0.3, -0.25) is 4.90 Å². The smallest absolute Gasteiger partial charge is 0.137 e. The van der Waals surface area contributed by atoms with E-state index in [1.54, 1.807) is 6.07 Å². The molecule has 1 nitrogen and oxygen atoms in total. The quantitative estimate of drug-likeness (QED) is 0.796. The summed E-state index contributed by atoms with van der Waals surface area (Å²) >= 11 is 3.35. The van der Waals surface area contributed by atoms with Gasteiger partial charge >= 0.3 is 0 Å². The molecule has 0 aliphatic carbocycles. The summed E-state index contributed by atoms with van der Waals surface area (Å²) in [5.74, 6) is -0.180. The van der Waals surface area contributed by atoms with Crippen LogP contribution in [0, 0.1) is 5.82 Å². The lowest BCUT2D eigenvalue weighted by Crippen LogP contribution is -2.26. The van der Waals surface area contributed by atoms with Crippen molar-refractivity contribution >= 4 is 15.9 Å². The van der Waals surface area contributed by atoms with Crippen molar-refractivity contribution in [1.82, 2.24) is 4.90 Å². The Hall–Kier alpha value is -1.19. The highest BCUT2D eigenvalue weighted by Crippen LogP contribution is 2.23. The molecule has 1 aliphatic heterocycles. The summed E-state index contributed by atoms with van der Waals surface area (Å²) in [5, 5.41) is 0. The molecule has 0 atom stereocenters. The van der Waals surface area contributed by atoms with Crippen molar-refractivity contribution in [3.63, 3.8) is 0 Å². The third kappa shape index (κ3) is 2.94. The van der Waals surface area contributed by atoms with Crippen LogP contribution in [0.1, 0.15) is 16.7 Å². The number of hydrogen-bond donors (Lipinski definition) is 0. The van der Waals surface area contributed by atoms with E-state index >= 15 is 0 Å². The van der Waals surface area contributed by atoms with Gasteiger partial charge in [-0.15, -0.1) is 0 Å². The van der Waals surface area contributed by atoms with Crippen LogP contribution in [0.5, 0.6) is 0 Å². The van der Waals surface area contributed by atoms with Gasteiger partial charge in [0.1, 0.15) is 5.82 Å². The normalized spacial score (nSPS) is 15.7. The zero-order valence-corrected chi connectivity index (χ0v) is 12.9. The fraction of sp³-hybridized carbons (Fsp3) is 0.294. The first-order valence-electron chi connectivity index (χ1n) is 6.96. The highest BCUT2D eigenvalue weighted by molar-refractivity contribution is 9.10. The van der Waals surface area contributed by atoms with E-state index in [1.807, 2.05) is 6.07 Å². The van der Waals surface area contributed by atoms with Crippen LogP contribution in [-0.2, 0) is 19.4 Å². The first-order valence-corrected chi connectivity index (χ1v) is 7.75. The number of rotatable bonds is 2. The van der Waals surface area contributed by atoms with Crippen LogP contribution in [0.4, 0.5) is 4.39 Å². The molecule has 2 aromatic carbocycles. The fourth-order valence-corrected chi connectivity index (χ4v) is 3.17. The number of fused-ring (bicyclic) bond motifs is 1. The third-order valence-corrected chi connectivity index (χ3v) is 4.83. The molecule has 20 heavy (non-hydrogen) atoms. The Morgan fingerprint density at radius 3 is 2.25 bits per heavy atom. The third-order valence-electron chi connectivity index (χ3n) is 3.94. The number of benzene rings is 2. The minimum atomic E-state index is -0.180. The van der Waals surface area contributed by atoms with Crippen molar-refractivity contribution in [3.05, 3.63) is 69.4 Å². The number of nitrogens with zero attached hydrogens (tertiary/aromatic N) is 1. The Balaban J connectivity index is 1.73. The van der Waals surface area contributed by atoms with Crippen molar-refractivity contribution in [2.45, 2.75) is 19.4 Å². The van der Waals surface area contributed by atoms with Gasteiger partial charge in [0.15, 0.2) is 0 Å². The van der Waals surface area contributed by atoms with E-state index in [2.05, 4.69) is 45.1 Å². The molecular weight excluding hydrogens is 317 g/mol. The van der Waals surface area contributed by atoms with E-state index in [-0.39, 0.29) is 5.82 Å². The molecule has 0 N–H and O–H groups in total. The average molecular weight is 334 g/mol. The van der Waals surface area contributed by atoms with Crippen LogP contribution < -0.4 is 0 Å². The van der Waals surface area contributed by atoms with Crippen molar-refractivity contribution < 1.29 is 4.39 Å². The molecular formula is C17H17BrFN. The van der Waals surface area contributed by atoms with Gasteiger partial charge in [-0.2, -0.15) is 0 Å². The number of hydrogen-bond acceptors (Lipinski definition) is 1. The second-order valence-electron chi connectivity index (χ2n) is 5.26. The first-order chi connectivity index (χ1) is 9.74. The molecule has 2 aromatic rings. The monoisotopic (exact) mass is 333 g/mol. The van der Waals surface area contributed by atoms with Crippen LogP contribution in [0.3, 0.4) is 0 Å². The van der Waals surface area contributed by atoms with Gasteiger partial charge < -0.3 is 0 Å². The van der Waals surface area contributed by atoms with E-state index in [9.17, 15) is 4.39 Å². The molecule has 0 spiro atoms. The van der Waals surface area contributed by atoms with Crippen LogP contribution in [-0.4, -0.2) is 18.0 Å². The van der Waals surface area contributed by atoms with Crippen LogP contribution in [0.15, 0.2) is 46.9 Å². The molecule has 0 amide bonds. The van der Waals surface area contributed by atoms with Gasteiger partial charge in [-0.1, -0.05) is 36.4 Å².